The van der Waals surface area contributed by atoms with Gasteiger partial charge in [0, 0.05) is 0 Å². The lowest BCUT2D eigenvalue weighted by Gasteiger charge is -2.27. The standard InChI is InChI=1S/C21H23NO5/c1-13(27-21(25)17-12-15(26-2)10-11-19(17)23)20(24)22-18-9-5-7-14-6-3-4-8-16(14)18/h3-4,6,8,10-13,18,23H,5,7,9H2,1-2H3,(H,22,24)/t13-,18+/m1/s1. The fourth-order valence-corrected chi connectivity index (χ4v) is 3.28. The zero-order chi connectivity index (χ0) is 19.4. The Kier molecular flexibility index (Phi) is 5.64. The van der Waals surface area contributed by atoms with Gasteiger partial charge >= 0.3 is 5.97 Å². The summed E-state index contributed by atoms with van der Waals surface area (Å²) in [5, 5.41) is 12.8. The predicted molar refractivity (Wildman–Crippen MR) is 99.8 cm³/mol. The number of aryl methyl sites for hydroxylation is 1. The summed E-state index contributed by atoms with van der Waals surface area (Å²) in [6.45, 7) is 1.51. The van der Waals surface area contributed by atoms with Crippen molar-refractivity contribution in [3.63, 3.8) is 0 Å². The number of nitrogens with one attached hydrogen (secondary N) is 1. The number of carbonyl (C=O) groups is 2. The van der Waals surface area contributed by atoms with E-state index in [-0.39, 0.29) is 23.3 Å². The first-order chi connectivity index (χ1) is 13.0. The Bertz CT molecular complexity index is 848. The minimum Gasteiger partial charge on any atom is -0.507 e. The fourth-order valence-electron chi connectivity index (χ4n) is 3.28. The molecule has 2 aromatic carbocycles. The van der Waals surface area contributed by atoms with E-state index in [1.54, 1.807) is 0 Å². The van der Waals surface area contributed by atoms with E-state index in [1.807, 2.05) is 18.2 Å². The first kappa shape index (κ1) is 18.8. The number of hydrogen-bond donors (Lipinski definition) is 2. The summed E-state index contributed by atoms with van der Waals surface area (Å²) in [6.07, 6.45) is 1.85. The highest BCUT2D eigenvalue weighted by Crippen LogP contribution is 2.29. The van der Waals surface area contributed by atoms with Gasteiger partial charge in [-0.05, 0) is 55.5 Å². The van der Waals surface area contributed by atoms with Crippen LogP contribution in [0.5, 0.6) is 11.5 Å². The lowest BCUT2D eigenvalue weighted by molar-refractivity contribution is -0.130. The SMILES string of the molecule is COc1ccc(O)c(C(=O)O[C@H](C)C(=O)N[C@H]2CCCc3ccccc32)c1. The summed E-state index contributed by atoms with van der Waals surface area (Å²) in [6, 6.07) is 12.2. The second-order valence-corrected chi connectivity index (χ2v) is 6.58. The molecule has 1 aliphatic rings. The van der Waals surface area contributed by atoms with Crippen LogP contribution in [0.2, 0.25) is 0 Å². The molecule has 0 aliphatic heterocycles. The average molecular weight is 369 g/mol. The van der Waals surface area contributed by atoms with Crippen molar-refractivity contribution >= 4 is 11.9 Å². The summed E-state index contributed by atoms with van der Waals surface area (Å²) < 4.78 is 10.3. The Morgan fingerprint density at radius 2 is 2.00 bits per heavy atom. The quantitative estimate of drug-likeness (QED) is 0.791. The minimum absolute atomic E-state index is 0.0444. The van der Waals surface area contributed by atoms with Crippen molar-refractivity contribution in [2.75, 3.05) is 7.11 Å². The van der Waals surface area contributed by atoms with E-state index in [0.29, 0.717) is 5.75 Å². The van der Waals surface area contributed by atoms with E-state index >= 15 is 0 Å². The number of esters is 1. The van der Waals surface area contributed by atoms with E-state index in [9.17, 15) is 14.7 Å². The van der Waals surface area contributed by atoms with E-state index in [1.165, 1.54) is 37.8 Å². The van der Waals surface area contributed by atoms with Crippen molar-refractivity contribution in [2.24, 2.45) is 0 Å². The first-order valence-electron chi connectivity index (χ1n) is 8.95. The molecule has 142 valence electrons. The molecule has 0 heterocycles. The summed E-state index contributed by atoms with van der Waals surface area (Å²) in [7, 11) is 1.46. The maximum absolute atomic E-state index is 12.5. The molecule has 0 aromatic heterocycles. The third kappa shape index (κ3) is 4.22. The number of phenolic OH excluding ortho intramolecular Hbond substituents is 1. The number of aromatic hydroxyl groups is 1. The maximum atomic E-state index is 12.5. The lowest BCUT2D eigenvalue weighted by atomic mass is 9.87. The Balaban J connectivity index is 1.66. The van der Waals surface area contributed by atoms with Crippen molar-refractivity contribution in [3.05, 3.63) is 59.2 Å². The molecule has 0 spiro atoms. The van der Waals surface area contributed by atoms with Crippen LogP contribution in [-0.4, -0.2) is 30.2 Å². The molecule has 6 nitrogen and oxygen atoms in total. The molecule has 0 unspecified atom stereocenters. The van der Waals surface area contributed by atoms with Crippen LogP contribution in [0.1, 0.15) is 47.3 Å². The summed E-state index contributed by atoms with van der Waals surface area (Å²) in [4.78, 5) is 24.8. The predicted octanol–water partition coefficient (Wildman–Crippen LogP) is 3.14. The number of amides is 1. The molecule has 0 radical (unpaired) electrons. The molecule has 0 saturated carbocycles. The number of fused-ring (bicyclic) bond motifs is 1. The average Bonchev–Trinajstić information content (AvgIpc) is 2.68. The molecule has 2 aromatic rings. The molecular formula is C21H23NO5. The highest BCUT2D eigenvalue weighted by Gasteiger charge is 2.26. The van der Waals surface area contributed by atoms with Crippen LogP contribution in [0.15, 0.2) is 42.5 Å². The van der Waals surface area contributed by atoms with Gasteiger partial charge in [0.25, 0.3) is 5.91 Å². The summed E-state index contributed by atoms with van der Waals surface area (Å²) in [5.74, 6) is -0.962. The van der Waals surface area contributed by atoms with Gasteiger partial charge in [-0.3, -0.25) is 4.79 Å². The van der Waals surface area contributed by atoms with Gasteiger partial charge in [-0.15, -0.1) is 0 Å². The largest absolute Gasteiger partial charge is 0.507 e. The monoisotopic (exact) mass is 369 g/mol. The second kappa shape index (κ2) is 8.12. The maximum Gasteiger partial charge on any atom is 0.342 e. The third-order valence-electron chi connectivity index (χ3n) is 4.76. The topological polar surface area (TPSA) is 84.9 Å². The van der Waals surface area contributed by atoms with Gasteiger partial charge in [-0.25, -0.2) is 4.79 Å². The van der Waals surface area contributed by atoms with Crippen molar-refractivity contribution < 1.29 is 24.2 Å². The number of phenols is 1. The summed E-state index contributed by atoms with van der Waals surface area (Å²) in [5.41, 5.74) is 2.30. The molecule has 0 bridgehead atoms. The molecule has 2 N–H and O–H groups in total. The molecule has 6 heteroatoms. The summed E-state index contributed by atoms with van der Waals surface area (Å²) >= 11 is 0. The van der Waals surface area contributed by atoms with Crippen LogP contribution >= 0.6 is 0 Å². The Morgan fingerprint density at radius 3 is 2.78 bits per heavy atom. The fraction of sp³-hybridized carbons (Fsp3) is 0.333. The molecule has 1 amide bonds. The van der Waals surface area contributed by atoms with Crippen LogP contribution in [0.4, 0.5) is 0 Å². The molecule has 2 atom stereocenters. The zero-order valence-electron chi connectivity index (χ0n) is 15.4. The molecule has 3 rings (SSSR count). The van der Waals surface area contributed by atoms with Crippen LogP contribution < -0.4 is 10.1 Å². The van der Waals surface area contributed by atoms with E-state index < -0.39 is 12.1 Å². The Labute approximate surface area is 158 Å². The Hall–Kier alpha value is -3.02. The number of ether oxygens (including phenoxy) is 2. The zero-order valence-corrected chi connectivity index (χ0v) is 15.4. The number of rotatable bonds is 5. The van der Waals surface area contributed by atoms with E-state index in [4.69, 9.17) is 9.47 Å². The van der Waals surface area contributed by atoms with Crippen molar-refractivity contribution in [2.45, 2.75) is 38.3 Å². The highest BCUT2D eigenvalue weighted by atomic mass is 16.5. The smallest absolute Gasteiger partial charge is 0.342 e. The highest BCUT2D eigenvalue weighted by molar-refractivity contribution is 5.95. The van der Waals surface area contributed by atoms with Crippen LogP contribution in [0.3, 0.4) is 0 Å². The van der Waals surface area contributed by atoms with Gasteiger partial charge < -0.3 is 19.9 Å². The normalized spacial score (nSPS) is 16.7. The number of carbonyl (C=O) groups excluding carboxylic acids is 2. The van der Waals surface area contributed by atoms with Crippen LogP contribution in [0, 0.1) is 0 Å². The molecule has 1 aliphatic carbocycles. The molecule has 27 heavy (non-hydrogen) atoms. The van der Waals surface area contributed by atoms with Crippen molar-refractivity contribution in [1.29, 1.82) is 0 Å². The van der Waals surface area contributed by atoms with E-state index in [0.717, 1.165) is 24.8 Å². The number of methoxy groups -OCH3 is 1. The van der Waals surface area contributed by atoms with Crippen molar-refractivity contribution in [1.82, 2.24) is 5.32 Å². The van der Waals surface area contributed by atoms with Crippen LogP contribution in [0.25, 0.3) is 0 Å². The van der Waals surface area contributed by atoms with Gasteiger partial charge in [0.15, 0.2) is 6.10 Å². The third-order valence-corrected chi connectivity index (χ3v) is 4.76. The van der Waals surface area contributed by atoms with Crippen molar-refractivity contribution in [3.8, 4) is 11.5 Å². The number of hydrogen-bond acceptors (Lipinski definition) is 5. The van der Waals surface area contributed by atoms with Crippen LogP contribution in [-0.2, 0) is 16.0 Å². The first-order valence-corrected chi connectivity index (χ1v) is 8.95. The minimum atomic E-state index is -0.989. The molecule has 0 fully saturated rings. The van der Waals surface area contributed by atoms with Gasteiger partial charge in [0.1, 0.15) is 17.1 Å². The Morgan fingerprint density at radius 1 is 1.22 bits per heavy atom. The molecule has 0 saturated heterocycles. The number of benzene rings is 2. The van der Waals surface area contributed by atoms with Gasteiger partial charge in [-0.2, -0.15) is 0 Å². The lowest BCUT2D eigenvalue weighted by Crippen LogP contribution is -2.39. The second-order valence-electron chi connectivity index (χ2n) is 6.58. The van der Waals surface area contributed by atoms with Gasteiger partial charge in [-0.1, -0.05) is 24.3 Å². The molecular weight excluding hydrogens is 346 g/mol. The van der Waals surface area contributed by atoms with E-state index in [2.05, 4.69) is 11.4 Å². The van der Waals surface area contributed by atoms with Gasteiger partial charge in [0.05, 0.1) is 13.2 Å². The van der Waals surface area contributed by atoms with Gasteiger partial charge in [0.2, 0.25) is 0 Å².